The van der Waals surface area contributed by atoms with Crippen LogP contribution in [0.3, 0.4) is 0 Å². The van der Waals surface area contributed by atoms with E-state index in [1.807, 2.05) is 18.2 Å². The Morgan fingerprint density at radius 1 is 1.03 bits per heavy atom. The molecular weight excluding hydrogens is 366 g/mol. The van der Waals surface area contributed by atoms with Crippen LogP contribution >= 0.6 is 0 Å². The molecule has 3 heterocycles. The molecule has 0 bridgehead atoms. The molecule has 29 heavy (non-hydrogen) atoms. The number of hydrogen-bond acceptors (Lipinski definition) is 4. The summed E-state index contributed by atoms with van der Waals surface area (Å²) in [6.07, 6.45) is 3.50. The molecule has 1 unspecified atom stereocenters. The van der Waals surface area contributed by atoms with Crippen molar-refractivity contribution >= 4 is 5.91 Å². The van der Waals surface area contributed by atoms with Crippen LogP contribution in [0.15, 0.2) is 48.7 Å². The Bertz CT molecular complexity index is 793. The minimum absolute atomic E-state index is 0.111. The Labute approximate surface area is 172 Å². The highest BCUT2D eigenvalue weighted by Gasteiger charge is 2.42. The molecule has 2 aromatic rings. The van der Waals surface area contributed by atoms with Gasteiger partial charge in [0.2, 0.25) is 5.91 Å². The predicted octanol–water partition coefficient (Wildman–Crippen LogP) is 2.26. The summed E-state index contributed by atoms with van der Waals surface area (Å²) in [5.41, 5.74) is 1.79. The number of nitrogens with one attached hydrogen (secondary N) is 1. The van der Waals surface area contributed by atoms with E-state index in [1.54, 1.807) is 0 Å². The number of morpholine rings is 1. The number of aromatic nitrogens is 1. The standard InChI is InChI=1S/C23H31N3O3/c1-25-11-5-8-20(25)21(26-12-16-29-17-13-26)18-24-22(27)23(9-14-28-15-10-23)19-6-3-2-4-7-19/h2-8,11,21H,9-10,12-18H2,1H3,(H,24,27). The van der Waals surface area contributed by atoms with E-state index in [-0.39, 0.29) is 11.9 Å². The molecule has 2 aliphatic heterocycles. The smallest absolute Gasteiger partial charge is 0.230 e. The topological polar surface area (TPSA) is 55.7 Å². The third-order valence-corrected chi connectivity index (χ3v) is 6.38. The fourth-order valence-corrected chi connectivity index (χ4v) is 4.61. The van der Waals surface area contributed by atoms with Crippen LogP contribution in [-0.4, -0.2) is 61.4 Å². The maximum absolute atomic E-state index is 13.5. The van der Waals surface area contributed by atoms with Crippen molar-refractivity contribution in [3.8, 4) is 0 Å². The van der Waals surface area contributed by atoms with Gasteiger partial charge in [-0.1, -0.05) is 30.3 Å². The maximum atomic E-state index is 13.5. The number of hydrogen-bond donors (Lipinski definition) is 1. The van der Waals surface area contributed by atoms with E-state index in [9.17, 15) is 4.79 Å². The SMILES string of the molecule is Cn1cccc1C(CNC(=O)C1(c2ccccc2)CCOCC1)N1CCOCC1. The second kappa shape index (κ2) is 9.11. The number of carbonyl (C=O) groups excluding carboxylic acids is 1. The number of amides is 1. The molecule has 0 spiro atoms. The van der Waals surface area contributed by atoms with E-state index in [0.717, 1.165) is 44.7 Å². The Morgan fingerprint density at radius 3 is 2.38 bits per heavy atom. The lowest BCUT2D eigenvalue weighted by Crippen LogP contribution is -2.51. The predicted molar refractivity (Wildman–Crippen MR) is 112 cm³/mol. The van der Waals surface area contributed by atoms with Gasteiger partial charge in [0.25, 0.3) is 0 Å². The zero-order valence-electron chi connectivity index (χ0n) is 17.2. The Hall–Kier alpha value is -2.15. The molecule has 0 aliphatic carbocycles. The van der Waals surface area contributed by atoms with E-state index >= 15 is 0 Å². The van der Waals surface area contributed by atoms with E-state index in [0.29, 0.717) is 19.8 Å². The van der Waals surface area contributed by atoms with Crippen LogP contribution < -0.4 is 5.32 Å². The molecule has 1 N–H and O–H groups in total. The molecule has 4 rings (SSSR count). The highest BCUT2D eigenvalue weighted by molar-refractivity contribution is 5.88. The largest absolute Gasteiger partial charge is 0.381 e. The molecule has 6 nitrogen and oxygen atoms in total. The van der Waals surface area contributed by atoms with Crippen molar-refractivity contribution in [2.45, 2.75) is 24.3 Å². The normalized spacial score (nSPS) is 20.9. The summed E-state index contributed by atoms with van der Waals surface area (Å²) in [6.45, 7) is 5.05. The molecule has 2 fully saturated rings. The highest BCUT2D eigenvalue weighted by atomic mass is 16.5. The van der Waals surface area contributed by atoms with Gasteiger partial charge < -0.3 is 19.4 Å². The first-order valence-corrected chi connectivity index (χ1v) is 10.6. The average molecular weight is 398 g/mol. The molecule has 2 aliphatic rings. The van der Waals surface area contributed by atoms with Gasteiger partial charge >= 0.3 is 0 Å². The lowest BCUT2D eigenvalue weighted by molar-refractivity contribution is -0.130. The summed E-state index contributed by atoms with van der Waals surface area (Å²) < 4.78 is 13.3. The van der Waals surface area contributed by atoms with Crippen LogP contribution in [0.5, 0.6) is 0 Å². The van der Waals surface area contributed by atoms with E-state index < -0.39 is 5.41 Å². The Kier molecular flexibility index (Phi) is 6.33. The first kappa shape index (κ1) is 20.1. The van der Waals surface area contributed by atoms with Crippen molar-refractivity contribution in [1.29, 1.82) is 0 Å². The second-order valence-electron chi connectivity index (χ2n) is 7.98. The molecule has 1 aromatic heterocycles. The zero-order valence-corrected chi connectivity index (χ0v) is 17.2. The summed E-state index contributed by atoms with van der Waals surface area (Å²) in [5.74, 6) is 0.111. The fraction of sp³-hybridized carbons (Fsp3) is 0.522. The van der Waals surface area contributed by atoms with Gasteiger partial charge in [-0.2, -0.15) is 0 Å². The quantitative estimate of drug-likeness (QED) is 0.813. The molecule has 2 saturated heterocycles. The first-order chi connectivity index (χ1) is 14.2. The molecule has 0 radical (unpaired) electrons. The third kappa shape index (κ3) is 4.25. The Morgan fingerprint density at radius 2 is 1.72 bits per heavy atom. The molecule has 0 saturated carbocycles. The second-order valence-corrected chi connectivity index (χ2v) is 7.98. The summed E-state index contributed by atoms with van der Waals surface area (Å²) in [5, 5.41) is 3.31. The van der Waals surface area contributed by atoms with Crippen LogP contribution in [-0.2, 0) is 26.7 Å². The molecule has 6 heteroatoms. The van der Waals surface area contributed by atoms with Crippen LogP contribution in [0.2, 0.25) is 0 Å². The highest BCUT2D eigenvalue weighted by Crippen LogP contribution is 2.35. The van der Waals surface area contributed by atoms with Crippen molar-refractivity contribution in [2.75, 3.05) is 46.1 Å². The number of nitrogens with zero attached hydrogens (tertiary/aromatic N) is 2. The van der Waals surface area contributed by atoms with Crippen LogP contribution in [0.25, 0.3) is 0 Å². The lowest BCUT2D eigenvalue weighted by atomic mass is 9.73. The third-order valence-electron chi connectivity index (χ3n) is 6.38. The minimum Gasteiger partial charge on any atom is -0.381 e. The minimum atomic E-state index is -0.511. The molecule has 1 aromatic carbocycles. The molecule has 156 valence electrons. The van der Waals surface area contributed by atoms with Crippen molar-refractivity contribution in [3.05, 3.63) is 59.9 Å². The average Bonchev–Trinajstić information content (AvgIpc) is 3.21. The van der Waals surface area contributed by atoms with Crippen molar-refractivity contribution in [1.82, 2.24) is 14.8 Å². The van der Waals surface area contributed by atoms with Gasteiger partial charge in [-0.25, -0.2) is 0 Å². The summed E-state index contributed by atoms with van der Waals surface area (Å²) in [6, 6.07) is 14.5. The van der Waals surface area contributed by atoms with Gasteiger partial charge in [0, 0.05) is 51.8 Å². The molecule has 1 atom stereocenters. The van der Waals surface area contributed by atoms with Crippen LogP contribution in [0.4, 0.5) is 0 Å². The fourth-order valence-electron chi connectivity index (χ4n) is 4.61. The maximum Gasteiger partial charge on any atom is 0.230 e. The first-order valence-electron chi connectivity index (χ1n) is 10.6. The van der Waals surface area contributed by atoms with Gasteiger partial charge in [0.15, 0.2) is 0 Å². The summed E-state index contributed by atoms with van der Waals surface area (Å²) in [7, 11) is 2.06. The summed E-state index contributed by atoms with van der Waals surface area (Å²) >= 11 is 0. The number of carbonyl (C=O) groups is 1. The van der Waals surface area contributed by atoms with Gasteiger partial charge in [0.05, 0.1) is 24.7 Å². The van der Waals surface area contributed by atoms with E-state index in [4.69, 9.17) is 9.47 Å². The van der Waals surface area contributed by atoms with Gasteiger partial charge in [-0.3, -0.25) is 9.69 Å². The van der Waals surface area contributed by atoms with E-state index in [2.05, 4.69) is 52.3 Å². The molecular formula is C23H31N3O3. The van der Waals surface area contributed by atoms with Crippen LogP contribution in [0, 0.1) is 0 Å². The summed E-state index contributed by atoms with van der Waals surface area (Å²) in [4.78, 5) is 16.0. The zero-order chi connectivity index (χ0) is 20.1. The van der Waals surface area contributed by atoms with Gasteiger partial charge in [-0.05, 0) is 30.5 Å². The Balaban J connectivity index is 1.54. The van der Waals surface area contributed by atoms with E-state index in [1.165, 1.54) is 5.69 Å². The lowest BCUT2D eigenvalue weighted by Gasteiger charge is -2.38. The van der Waals surface area contributed by atoms with Crippen LogP contribution in [0.1, 0.15) is 30.1 Å². The van der Waals surface area contributed by atoms with Gasteiger partial charge in [-0.15, -0.1) is 0 Å². The number of ether oxygens (including phenoxy) is 2. The van der Waals surface area contributed by atoms with Crippen molar-refractivity contribution < 1.29 is 14.3 Å². The number of rotatable bonds is 6. The van der Waals surface area contributed by atoms with Crippen molar-refractivity contribution in [2.24, 2.45) is 7.05 Å². The number of aryl methyl sites for hydroxylation is 1. The monoisotopic (exact) mass is 397 g/mol. The van der Waals surface area contributed by atoms with Gasteiger partial charge in [0.1, 0.15) is 0 Å². The number of benzene rings is 1. The molecule has 1 amide bonds. The van der Waals surface area contributed by atoms with Crippen molar-refractivity contribution in [3.63, 3.8) is 0 Å².